The van der Waals surface area contributed by atoms with Gasteiger partial charge < -0.3 is 24.4 Å². The van der Waals surface area contributed by atoms with Crippen LogP contribution in [0.3, 0.4) is 0 Å². The summed E-state index contributed by atoms with van der Waals surface area (Å²) in [6, 6.07) is 2.48. The first-order valence-corrected chi connectivity index (χ1v) is 5.67. The molecule has 0 atom stereocenters. The second kappa shape index (κ2) is 19.6. The van der Waals surface area contributed by atoms with E-state index in [1.165, 1.54) is 0 Å². The average molecular weight is 386 g/mol. The van der Waals surface area contributed by atoms with Crippen LogP contribution < -0.4 is 158 Å². The number of hydrogen-bond donors (Lipinski definition) is 0. The van der Waals surface area contributed by atoms with Crippen molar-refractivity contribution in [2.45, 2.75) is 4.90 Å². The van der Waals surface area contributed by atoms with Crippen LogP contribution in [0.15, 0.2) is 36.3 Å². The van der Waals surface area contributed by atoms with Crippen molar-refractivity contribution in [3.8, 4) is 0 Å². The van der Waals surface area contributed by atoms with E-state index >= 15 is 0 Å². The second-order valence-electron chi connectivity index (χ2n) is 2.71. The monoisotopic (exact) mass is 386 g/mol. The van der Waals surface area contributed by atoms with Crippen LogP contribution in [0, 0.1) is 0 Å². The molecule has 0 amide bonds. The van der Waals surface area contributed by atoms with Crippen molar-refractivity contribution in [2.75, 3.05) is 0 Å². The molecule has 1 aromatic carbocycles. The van der Waals surface area contributed by atoms with Crippen LogP contribution in [0.1, 0.15) is 20.7 Å². The van der Waals surface area contributed by atoms with Crippen LogP contribution >= 0.6 is 0 Å². The first-order valence-electron chi connectivity index (χ1n) is 4.26. The summed E-state index contributed by atoms with van der Waals surface area (Å²) in [5.41, 5.74) is -2.01. The fourth-order valence-corrected chi connectivity index (χ4v) is 1.97. The van der Waals surface area contributed by atoms with E-state index in [0.29, 0.717) is 0 Å². The molecule has 0 fully saturated rings. The molecule has 0 saturated carbocycles. The van der Waals surface area contributed by atoms with E-state index in [2.05, 4.69) is 13.2 Å². The molecule has 1 rings (SSSR count). The first kappa shape index (κ1) is 40.5. The second-order valence-corrected chi connectivity index (χ2v) is 4.03. The zero-order valence-corrected chi connectivity index (χ0v) is 24.7. The minimum absolute atomic E-state index is 0. The van der Waals surface area contributed by atoms with Crippen LogP contribution in [-0.4, -0.2) is 24.9 Å². The van der Waals surface area contributed by atoms with Crippen LogP contribution in [-0.2, 0) is 10.1 Å². The molecule has 0 saturated heterocycles. The molecule has 0 spiro atoms. The smallest absolute Gasteiger partial charge is 0.744 e. The molecular formula is C10H7Na5O7S+2. The fraction of sp³-hybridized carbons (Fsp3) is 0. The van der Waals surface area contributed by atoms with Crippen molar-refractivity contribution in [1.82, 2.24) is 0 Å². The van der Waals surface area contributed by atoms with Gasteiger partial charge in [-0.05, 0) is 0 Å². The van der Waals surface area contributed by atoms with Crippen molar-refractivity contribution >= 4 is 22.1 Å². The Kier molecular flexibility index (Phi) is 34.4. The van der Waals surface area contributed by atoms with Crippen molar-refractivity contribution in [3.63, 3.8) is 0 Å². The summed E-state index contributed by atoms with van der Waals surface area (Å²) in [5.74, 6) is -3.92. The summed E-state index contributed by atoms with van der Waals surface area (Å²) >= 11 is 0. The topological polar surface area (TPSA) is 137 Å². The zero-order valence-electron chi connectivity index (χ0n) is 13.9. The molecule has 7 nitrogen and oxygen atoms in total. The Morgan fingerprint density at radius 2 is 1.09 bits per heavy atom. The molecule has 0 N–H and O–H groups in total. The molecule has 1 aromatic rings. The molecule has 23 heavy (non-hydrogen) atoms. The van der Waals surface area contributed by atoms with E-state index in [1.54, 1.807) is 0 Å². The molecule has 98 valence electrons. The maximum Gasteiger partial charge on any atom is 1.00 e. The van der Waals surface area contributed by atoms with Crippen molar-refractivity contribution in [2.24, 2.45) is 0 Å². The molecule has 0 heterocycles. The number of rotatable bonds is 3. The molecular weight excluding hydrogens is 379 g/mol. The minimum atomic E-state index is -5.25. The number of carbonyl (C=O) groups excluding carboxylic acids is 2. The van der Waals surface area contributed by atoms with Crippen molar-refractivity contribution < 1.29 is 181 Å². The van der Waals surface area contributed by atoms with E-state index in [0.717, 1.165) is 18.2 Å². The predicted molar refractivity (Wildman–Crippen MR) is 54.3 cm³/mol. The third-order valence-electron chi connectivity index (χ3n) is 1.70. The molecule has 0 aliphatic carbocycles. The normalized spacial score (nSPS) is 7.87. The van der Waals surface area contributed by atoms with E-state index < -0.39 is 38.1 Å². The van der Waals surface area contributed by atoms with Crippen LogP contribution in [0.25, 0.3) is 0 Å². The van der Waals surface area contributed by atoms with Gasteiger partial charge in [0.15, 0.2) is 0 Å². The Labute approximate surface area is 245 Å². The van der Waals surface area contributed by atoms with E-state index in [9.17, 15) is 32.8 Å². The number of carbonyl (C=O) groups is 2. The van der Waals surface area contributed by atoms with Gasteiger partial charge in [0.1, 0.15) is 10.1 Å². The van der Waals surface area contributed by atoms with Gasteiger partial charge in [-0.15, -0.1) is 13.2 Å². The summed E-state index contributed by atoms with van der Waals surface area (Å²) in [5, 5.41) is 21.0. The van der Waals surface area contributed by atoms with Crippen molar-refractivity contribution in [1.29, 1.82) is 0 Å². The molecule has 0 aliphatic rings. The standard InChI is InChI=1S/C8H6O7S.C2H4.5Na/c9-7(10)4-2-1-3-5(8(11)12)6(4)16(13,14)15;1-2;;;;;/h1-3H,(H,9,10)(H,11,12)(H,13,14,15);1-2H2;;;;;/q;;5*+1/p-3. The summed E-state index contributed by atoms with van der Waals surface area (Å²) in [6.07, 6.45) is 0. The predicted octanol–water partition coefficient (Wildman–Crippen LogP) is -16.9. The SMILES string of the molecule is C=C.O=C([O-])c1cccc(C(=O)[O-])c1S(=O)(=O)[O-].[Na+].[Na+].[Na+].[Na+].[Na+]. The number of carboxylic acids is 2. The van der Waals surface area contributed by atoms with Gasteiger partial charge in [-0.25, -0.2) is 8.42 Å². The molecule has 0 aromatic heterocycles. The van der Waals surface area contributed by atoms with Crippen LogP contribution in [0.2, 0.25) is 0 Å². The summed E-state index contributed by atoms with van der Waals surface area (Å²) < 4.78 is 32.2. The molecule has 13 heteroatoms. The van der Waals surface area contributed by atoms with Gasteiger partial charge in [0.25, 0.3) is 0 Å². The van der Waals surface area contributed by atoms with Gasteiger partial charge in [-0.2, -0.15) is 0 Å². The van der Waals surface area contributed by atoms with Gasteiger partial charge in [0.2, 0.25) is 0 Å². The average Bonchev–Trinajstić information content (AvgIpc) is 2.29. The number of hydrogen-bond acceptors (Lipinski definition) is 7. The van der Waals surface area contributed by atoms with Crippen molar-refractivity contribution in [3.05, 3.63) is 42.5 Å². The Morgan fingerprint density at radius 3 is 1.26 bits per heavy atom. The van der Waals surface area contributed by atoms with Gasteiger partial charge in [0, 0.05) is 11.1 Å². The Hall–Kier alpha value is 2.81. The Balaban J connectivity index is -0.0000000992. The van der Waals surface area contributed by atoms with Gasteiger partial charge in [-0.1, -0.05) is 18.2 Å². The first-order chi connectivity index (χ1) is 8.25. The third kappa shape index (κ3) is 13.6. The molecule has 0 radical (unpaired) electrons. The van der Waals surface area contributed by atoms with E-state index in [1.807, 2.05) is 0 Å². The van der Waals surface area contributed by atoms with Gasteiger partial charge in [-0.3, -0.25) is 0 Å². The summed E-state index contributed by atoms with van der Waals surface area (Å²) in [7, 11) is -5.25. The Bertz CT molecular complexity index is 559. The maximum atomic E-state index is 10.7. The number of benzene rings is 1. The minimum Gasteiger partial charge on any atom is -0.744 e. The van der Waals surface area contributed by atoms with Gasteiger partial charge in [0.05, 0.1) is 16.8 Å². The third-order valence-corrected chi connectivity index (χ3v) is 2.64. The van der Waals surface area contributed by atoms with E-state index in [4.69, 9.17) is 0 Å². The van der Waals surface area contributed by atoms with Gasteiger partial charge >= 0.3 is 148 Å². The summed E-state index contributed by atoms with van der Waals surface area (Å²) in [6.45, 7) is 6.00. The molecule has 0 aliphatic heterocycles. The van der Waals surface area contributed by atoms with Crippen LogP contribution in [0.4, 0.5) is 0 Å². The molecule has 0 unspecified atom stereocenters. The van der Waals surface area contributed by atoms with Crippen LogP contribution in [0.5, 0.6) is 0 Å². The Morgan fingerprint density at radius 1 is 0.826 bits per heavy atom. The quantitative estimate of drug-likeness (QED) is 0.286. The molecule has 0 bridgehead atoms. The zero-order chi connectivity index (χ0) is 14.5. The fourth-order valence-electron chi connectivity index (χ4n) is 1.13. The number of aromatic carboxylic acids is 2. The largest absolute Gasteiger partial charge is 1.00 e. The number of carboxylic acid groups (broad SMARTS) is 2. The summed E-state index contributed by atoms with van der Waals surface area (Å²) in [4.78, 5) is 19.7. The van der Waals surface area contributed by atoms with E-state index in [-0.39, 0.29) is 148 Å². The maximum absolute atomic E-state index is 10.7.